The molecule has 1 saturated carbocycles. The molecule has 0 aromatic heterocycles. The highest BCUT2D eigenvalue weighted by Crippen LogP contribution is 2.49. The largest absolute Gasteiger partial charge is 0.461 e. The smallest absolute Gasteiger partial charge is 0.309 e. The summed E-state index contributed by atoms with van der Waals surface area (Å²) in [6, 6.07) is 10.5. The topological polar surface area (TPSA) is 69.4 Å². The molecule has 2 aromatic rings. The van der Waals surface area contributed by atoms with Crippen LogP contribution in [-0.2, 0) is 16.1 Å². The number of halogens is 2. The molecule has 1 amide bonds. The highest BCUT2D eigenvalue weighted by atomic mass is 19.2. The van der Waals surface area contributed by atoms with E-state index in [0.717, 1.165) is 6.07 Å². The number of hydrogen-bond acceptors (Lipinski definition) is 3. The number of carbonyl (C=O) groups is 2. The molecule has 6 heteroatoms. The Morgan fingerprint density at radius 1 is 1.12 bits per heavy atom. The third-order valence-corrected chi connectivity index (χ3v) is 4.13. The van der Waals surface area contributed by atoms with Gasteiger partial charge in [-0.1, -0.05) is 30.3 Å². The Bertz CT molecular complexity index is 807. The van der Waals surface area contributed by atoms with Crippen LogP contribution in [-0.4, -0.2) is 11.9 Å². The summed E-state index contributed by atoms with van der Waals surface area (Å²) in [7, 11) is 0. The van der Waals surface area contributed by atoms with Crippen LogP contribution >= 0.6 is 0 Å². The molecular formula is C18H15F2NO3. The Balaban J connectivity index is 1.64. The Hall–Kier alpha value is -2.76. The zero-order chi connectivity index (χ0) is 17.3. The van der Waals surface area contributed by atoms with Crippen molar-refractivity contribution in [3.63, 3.8) is 0 Å². The number of benzene rings is 2. The van der Waals surface area contributed by atoms with Gasteiger partial charge in [-0.25, -0.2) is 8.78 Å². The standard InChI is InChI=1S/C18H15F2NO3/c19-15-7-3-6-12(16(15)20)13-8-14(13)18(23)24-9-10-4-1-2-5-11(10)17(21)22/h1-7,13-14H,8-9H2,(H2,21,22). The number of carbonyl (C=O) groups excluding carboxylic acids is 2. The molecule has 2 unspecified atom stereocenters. The molecule has 0 spiro atoms. The first kappa shape index (κ1) is 16.1. The van der Waals surface area contributed by atoms with Crippen LogP contribution in [0.2, 0.25) is 0 Å². The molecule has 2 atom stereocenters. The zero-order valence-electron chi connectivity index (χ0n) is 12.7. The predicted molar refractivity (Wildman–Crippen MR) is 82.0 cm³/mol. The van der Waals surface area contributed by atoms with Gasteiger partial charge in [-0.2, -0.15) is 0 Å². The van der Waals surface area contributed by atoms with Crippen molar-refractivity contribution in [2.75, 3.05) is 0 Å². The fourth-order valence-electron chi connectivity index (χ4n) is 2.75. The van der Waals surface area contributed by atoms with Crippen LogP contribution < -0.4 is 5.73 Å². The lowest BCUT2D eigenvalue weighted by Crippen LogP contribution is -2.15. The summed E-state index contributed by atoms with van der Waals surface area (Å²) in [6.45, 7) is -0.0905. The summed E-state index contributed by atoms with van der Waals surface area (Å²) in [4.78, 5) is 23.4. The quantitative estimate of drug-likeness (QED) is 0.857. The Morgan fingerprint density at radius 2 is 1.88 bits per heavy atom. The summed E-state index contributed by atoms with van der Waals surface area (Å²) in [5, 5.41) is 0. The van der Waals surface area contributed by atoms with E-state index in [2.05, 4.69) is 0 Å². The summed E-state index contributed by atoms with van der Waals surface area (Å²) < 4.78 is 32.2. The number of hydrogen-bond donors (Lipinski definition) is 1. The number of amides is 1. The molecule has 1 aliphatic rings. The normalized spacial score (nSPS) is 18.9. The number of nitrogens with two attached hydrogens (primary N) is 1. The predicted octanol–water partition coefficient (Wildman–Crippen LogP) is 2.91. The van der Waals surface area contributed by atoms with Gasteiger partial charge >= 0.3 is 5.97 Å². The molecule has 3 rings (SSSR count). The third-order valence-electron chi connectivity index (χ3n) is 4.13. The summed E-state index contributed by atoms with van der Waals surface area (Å²) in [6.07, 6.45) is 0.413. The second-order valence-electron chi connectivity index (χ2n) is 5.72. The summed E-state index contributed by atoms with van der Waals surface area (Å²) >= 11 is 0. The highest BCUT2D eigenvalue weighted by molar-refractivity contribution is 5.94. The van der Waals surface area contributed by atoms with Gasteiger partial charge in [-0.05, 0) is 24.1 Å². The van der Waals surface area contributed by atoms with Gasteiger partial charge in [-0.15, -0.1) is 0 Å². The van der Waals surface area contributed by atoms with E-state index in [4.69, 9.17) is 10.5 Å². The minimum absolute atomic E-state index is 0.0905. The maximum absolute atomic E-state index is 13.7. The molecule has 124 valence electrons. The fourth-order valence-corrected chi connectivity index (χ4v) is 2.75. The van der Waals surface area contributed by atoms with Crippen molar-refractivity contribution in [3.8, 4) is 0 Å². The maximum atomic E-state index is 13.7. The van der Waals surface area contributed by atoms with Gasteiger partial charge in [0.05, 0.1) is 5.92 Å². The maximum Gasteiger partial charge on any atom is 0.309 e. The molecular weight excluding hydrogens is 316 g/mol. The van der Waals surface area contributed by atoms with Gasteiger partial charge < -0.3 is 10.5 Å². The average Bonchev–Trinajstić information content (AvgIpc) is 3.36. The Kier molecular flexibility index (Phi) is 4.29. The lowest BCUT2D eigenvalue weighted by Gasteiger charge is -2.08. The van der Waals surface area contributed by atoms with Crippen molar-refractivity contribution >= 4 is 11.9 Å². The fraction of sp³-hybridized carbons (Fsp3) is 0.222. The van der Waals surface area contributed by atoms with Crippen molar-refractivity contribution in [2.24, 2.45) is 11.7 Å². The first-order valence-corrected chi connectivity index (χ1v) is 7.47. The Morgan fingerprint density at radius 3 is 2.62 bits per heavy atom. The van der Waals surface area contributed by atoms with Crippen molar-refractivity contribution in [1.82, 2.24) is 0 Å². The van der Waals surface area contributed by atoms with E-state index >= 15 is 0 Å². The summed E-state index contributed by atoms with van der Waals surface area (Å²) in [5.41, 5.74) is 6.25. The second kappa shape index (κ2) is 6.39. The number of rotatable bonds is 5. The molecule has 1 fully saturated rings. The lowest BCUT2D eigenvalue weighted by molar-refractivity contribution is -0.146. The first-order valence-electron chi connectivity index (χ1n) is 7.47. The molecule has 4 nitrogen and oxygen atoms in total. The van der Waals surface area contributed by atoms with E-state index in [1.165, 1.54) is 12.1 Å². The van der Waals surface area contributed by atoms with Crippen molar-refractivity contribution < 1.29 is 23.1 Å². The van der Waals surface area contributed by atoms with Crippen LogP contribution in [0, 0.1) is 17.6 Å². The van der Waals surface area contributed by atoms with Gasteiger partial charge in [0, 0.05) is 17.0 Å². The minimum atomic E-state index is -0.929. The zero-order valence-corrected chi connectivity index (χ0v) is 12.7. The van der Waals surface area contributed by atoms with E-state index < -0.39 is 29.4 Å². The van der Waals surface area contributed by atoms with Crippen LogP contribution in [0.4, 0.5) is 8.78 Å². The third kappa shape index (κ3) is 3.13. The van der Waals surface area contributed by atoms with Gasteiger partial charge in [-0.3, -0.25) is 9.59 Å². The minimum Gasteiger partial charge on any atom is -0.461 e. The van der Waals surface area contributed by atoms with E-state index in [0.29, 0.717) is 12.0 Å². The van der Waals surface area contributed by atoms with Crippen LogP contribution in [0.1, 0.15) is 33.8 Å². The SMILES string of the molecule is NC(=O)c1ccccc1COC(=O)C1CC1c1cccc(F)c1F. The highest BCUT2D eigenvalue weighted by Gasteiger charge is 2.46. The second-order valence-corrected chi connectivity index (χ2v) is 5.72. The van der Waals surface area contributed by atoms with Crippen LogP contribution in [0.5, 0.6) is 0 Å². The molecule has 0 heterocycles. The van der Waals surface area contributed by atoms with Crippen LogP contribution in [0.15, 0.2) is 42.5 Å². The Labute approximate surface area is 137 Å². The lowest BCUT2D eigenvalue weighted by atomic mass is 10.1. The van der Waals surface area contributed by atoms with Crippen molar-refractivity contribution in [2.45, 2.75) is 18.9 Å². The average molecular weight is 331 g/mol. The monoisotopic (exact) mass is 331 g/mol. The molecule has 0 bridgehead atoms. The van der Waals surface area contributed by atoms with E-state index in [9.17, 15) is 18.4 Å². The summed E-state index contributed by atoms with van der Waals surface area (Å²) in [5.74, 6) is -3.82. The van der Waals surface area contributed by atoms with E-state index in [1.807, 2.05) is 0 Å². The molecule has 2 aromatic carbocycles. The van der Waals surface area contributed by atoms with Gasteiger partial charge in [0.2, 0.25) is 5.91 Å². The number of esters is 1. The molecule has 0 saturated heterocycles. The molecule has 0 aliphatic heterocycles. The molecule has 2 N–H and O–H groups in total. The van der Waals surface area contributed by atoms with E-state index in [1.54, 1.807) is 24.3 Å². The molecule has 0 radical (unpaired) electrons. The molecule has 1 aliphatic carbocycles. The first-order chi connectivity index (χ1) is 11.5. The van der Waals surface area contributed by atoms with E-state index in [-0.39, 0.29) is 23.7 Å². The van der Waals surface area contributed by atoms with Crippen LogP contribution in [0.3, 0.4) is 0 Å². The van der Waals surface area contributed by atoms with Gasteiger partial charge in [0.15, 0.2) is 11.6 Å². The van der Waals surface area contributed by atoms with Crippen molar-refractivity contribution in [3.05, 3.63) is 70.8 Å². The van der Waals surface area contributed by atoms with Crippen molar-refractivity contribution in [1.29, 1.82) is 0 Å². The number of ether oxygens (including phenoxy) is 1. The molecule has 24 heavy (non-hydrogen) atoms. The van der Waals surface area contributed by atoms with Gasteiger partial charge in [0.1, 0.15) is 6.61 Å². The number of primary amides is 1. The van der Waals surface area contributed by atoms with Gasteiger partial charge in [0.25, 0.3) is 0 Å². The van der Waals surface area contributed by atoms with Crippen LogP contribution in [0.25, 0.3) is 0 Å².